The average Bonchev–Trinajstić information content (AvgIpc) is 3.08. The third kappa shape index (κ3) is 3.89. The maximum Gasteiger partial charge on any atom is 0.237 e. The monoisotopic (exact) mass is 357 g/mol. The Bertz CT molecular complexity index is 813. The number of nitrogens with one attached hydrogen (secondary N) is 1. The molecule has 1 aromatic carbocycles. The molecule has 0 aliphatic carbocycles. The van der Waals surface area contributed by atoms with Crippen molar-refractivity contribution in [2.45, 2.75) is 51.5 Å². The Morgan fingerprint density at radius 3 is 2.73 bits per heavy atom. The molecule has 2 aromatic rings. The van der Waals surface area contributed by atoms with Crippen LogP contribution in [0.15, 0.2) is 30.5 Å². The van der Waals surface area contributed by atoms with Crippen molar-refractivity contribution in [3.05, 3.63) is 36.0 Å². The number of carbonyl (C=O) groups excluding carboxylic acids is 2. The highest BCUT2D eigenvalue weighted by atomic mass is 16.2. The van der Waals surface area contributed by atoms with Gasteiger partial charge in [0, 0.05) is 42.3 Å². The van der Waals surface area contributed by atoms with E-state index in [2.05, 4.69) is 10.2 Å². The number of amides is 2. The van der Waals surface area contributed by atoms with Crippen LogP contribution >= 0.6 is 0 Å². The third-order valence-corrected chi connectivity index (χ3v) is 4.74. The summed E-state index contributed by atoms with van der Waals surface area (Å²) in [6, 6.07) is 7.76. The quantitative estimate of drug-likeness (QED) is 0.702. The second-order valence-electron chi connectivity index (χ2n) is 7.37. The van der Waals surface area contributed by atoms with Crippen LogP contribution in [-0.2, 0) is 22.7 Å². The first-order valence-corrected chi connectivity index (χ1v) is 9.00. The first-order chi connectivity index (χ1) is 12.3. The van der Waals surface area contributed by atoms with E-state index in [1.54, 1.807) is 0 Å². The van der Waals surface area contributed by atoms with Gasteiger partial charge < -0.3 is 21.4 Å². The van der Waals surface area contributed by atoms with E-state index in [1.165, 1.54) is 0 Å². The number of aromatic nitrogens is 1. The minimum Gasteiger partial charge on any atom is -0.368 e. The molecule has 26 heavy (non-hydrogen) atoms. The molecule has 140 valence electrons. The van der Waals surface area contributed by atoms with Gasteiger partial charge in [0.2, 0.25) is 11.8 Å². The number of fused-ring (bicyclic) bond motifs is 1. The van der Waals surface area contributed by atoms with Crippen LogP contribution in [0.3, 0.4) is 0 Å². The number of hydrogen-bond donors (Lipinski definition) is 3. The van der Waals surface area contributed by atoms with Gasteiger partial charge in [-0.3, -0.25) is 14.5 Å². The third-order valence-electron chi connectivity index (χ3n) is 4.74. The van der Waals surface area contributed by atoms with Gasteiger partial charge >= 0.3 is 0 Å². The molecule has 1 fully saturated rings. The molecule has 1 aliphatic rings. The Labute approximate surface area is 153 Å². The maximum absolute atomic E-state index is 12.5. The van der Waals surface area contributed by atoms with Gasteiger partial charge in [-0.25, -0.2) is 0 Å². The predicted molar refractivity (Wildman–Crippen MR) is 101 cm³/mol. The van der Waals surface area contributed by atoms with E-state index in [-0.39, 0.29) is 36.5 Å². The van der Waals surface area contributed by atoms with Crippen molar-refractivity contribution in [3.63, 3.8) is 0 Å². The van der Waals surface area contributed by atoms with Crippen LogP contribution < -0.4 is 16.8 Å². The lowest BCUT2D eigenvalue weighted by Crippen LogP contribution is -2.45. The molecule has 0 spiro atoms. The van der Waals surface area contributed by atoms with Crippen molar-refractivity contribution in [1.29, 1.82) is 0 Å². The van der Waals surface area contributed by atoms with Crippen LogP contribution in [0.2, 0.25) is 0 Å². The van der Waals surface area contributed by atoms with Gasteiger partial charge in [-0.2, -0.15) is 0 Å². The summed E-state index contributed by atoms with van der Waals surface area (Å²) >= 11 is 0. The first-order valence-electron chi connectivity index (χ1n) is 9.00. The number of rotatable bonds is 6. The molecule has 1 aliphatic heterocycles. The van der Waals surface area contributed by atoms with E-state index in [0.29, 0.717) is 19.5 Å². The topological polar surface area (TPSA) is 106 Å². The highest BCUT2D eigenvalue weighted by Gasteiger charge is 2.35. The molecule has 7 nitrogen and oxygen atoms in total. The van der Waals surface area contributed by atoms with E-state index in [0.717, 1.165) is 16.5 Å². The van der Waals surface area contributed by atoms with Gasteiger partial charge in [-0.05, 0) is 31.9 Å². The molecule has 3 rings (SSSR count). The van der Waals surface area contributed by atoms with Crippen LogP contribution in [0.1, 0.15) is 25.8 Å². The Morgan fingerprint density at radius 2 is 2.04 bits per heavy atom. The highest BCUT2D eigenvalue weighted by Crippen LogP contribution is 2.26. The zero-order valence-corrected chi connectivity index (χ0v) is 15.3. The SMILES string of the molecule is CC(C)NC(=O)[C@@H]1C[C@H](N)CN1Cc1cn(CC(N)=O)c2ccccc12. The van der Waals surface area contributed by atoms with E-state index < -0.39 is 0 Å². The van der Waals surface area contributed by atoms with Gasteiger partial charge in [-0.15, -0.1) is 0 Å². The molecule has 0 unspecified atom stereocenters. The summed E-state index contributed by atoms with van der Waals surface area (Å²) in [6.45, 7) is 5.32. The summed E-state index contributed by atoms with van der Waals surface area (Å²) in [5.41, 5.74) is 13.5. The minimum absolute atomic E-state index is 0.0168. The number of para-hydroxylation sites is 1. The van der Waals surface area contributed by atoms with E-state index in [9.17, 15) is 9.59 Å². The van der Waals surface area contributed by atoms with Crippen LogP contribution in [0, 0.1) is 0 Å². The molecule has 5 N–H and O–H groups in total. The molecule has 2 amide bonds. The molecule has 0 radical (unpaired) electrons. The van der Waals surface area contributed by atoms with Gasteiger partial charge in [0.05, 0.1) is 6.04 Å². The number of nitrogens with zero attached hydrogens (tertiary/aromatic N) is 2. The van der Waals surface area contributed by atoms with E-state index in [4.69, 9.17) is 11.5 Å². The Hall–Kier alpha value is -2.38. The second-order valence-corrected chi connectivity index (χ2v) is 7.37. The largest absolute Gasteiger partial charge is 0.368 e. The average molecular weight is 357 g/mol. The van der Waals surface area contributed by atoms with Gasteiger partial charge in [0.15, 0.2) is 0 Å². The normalized spacial score (nSPS) is 20.8. The zero-order valence-electron chi connectivity index (χ0n) is 15.3. The second kappa shape index (κ2) is 7.47. The molecule has 7 heteroatoms. The van der Waals surface area contributed by atoms with E-state index >= 15 is 0 Å². The van der Waals surface area contributed by atoms with E-state index in [1.807, 2.05) is 48.9 Å². The molecule has 2 atom stereocenters. The fraction of sp³-hybridized carbons (Fsp3) is 0.474. The van der Waals surface area contributed by atoms with Crippen LogP contribution in [0.25, 0.3) is 10.9 Å². The Balaban J connectivity index is 1.87. The summed E-state index contributed by atoms with van der Waals surface area (Å²) in [7, 11) is 0. The van der Waals surface area contributed by atoms with Gasteiger partial charge in [0.25, 0.3) is 0 Å². The van der Waals surface area contributed by atoms with Gasteiger partial charge in [-0.1, -0.05) is 18.2 Å². The fourth-order valence-corrected chi connectivity index (χ4v) is 3.73. The van der Waals surface area contributed by atoms with Gasteiger partial charge in [0.1, 0.15) is 6.54 Å². The molecular formula is C19H27N5O2. The lowest BCUT2D eigenvalue weighted by molar-refractivity contribution is -0.126. The van der Waals surface area contributed by atoms with Crippen LogP contribution in [0.4, 0.5) is 0 Å². The number of primary amides is 1. The van der Waals surface area contributed by atoms with Crippen molar-refractivity contribution in [2.24, 2.45) is 11.5 Å². The number of nitrogens with two attached hydrogens (primary N) is 2. The number of benzene rings is 1. The van der Waals surface area contributed by atoms with Crippen molar-refractivity contribution in [2.75, 3.05) is 6.54 Å². The first kappa shape index (κ1) is 18.4. The highest BCUT2D eigenvalue weighted by molar-refractivity contribution is 5.86. The zero-order chi connectivity index (χ0) is 18.8. The van der Waals surface area contributed by atoms with Crippen molar-refractivity contribution < 1.29 is 9.59 Å². The van der Waals surface area contributed by atoms with Crippen molar-refractivity contribution in [3.8, 4) is 0 Å². The summed E-state index contributed by atoms with van der Waals surface area (Å²) in [5.74, 6) is -0.358. The Morgan fingerprint density at radius 1 is 1.31 bits per heavy atom. The lowest BCUT2D eigenvalue weighted by Gasteiger charge is -2.24. The molecular weight excluding hydrogens is 330 g/mol. The number of hydrogen-bond acceptors (Lipinski definition) is 4. The smallest absolute Gasteiger partial charge is 0.237 e. The molecule has 1 saturated heterocycles. The molecule has 2 heterocycles. The lowest BCUT2D eigenvalue weighted by atomic mass is 10.1. The summed E-state index contributed by atoms with van der Waals surface area (Å²) in [5, 5.41) is 4.05. The van der Waals surface area contributed by atoms with Crippen molar-refractivity contribution in [1.82, 2.24) is 14.8 Å². The number of carbonyl (C=O) groups is 2. The standard InChI is InChI=1S/C19H27N5O2/c1-12(2)22-19(26)17-7-14(20)10-23(17)8-13-9-24(11-18(21)25)16-6-4-3-5-15(13)16/h3-6,9,12,14,17H,7-8,10-11,20H2,1-2H3,(H2,21,25)(H,22,26)/t14-,17-/m0/s1. The maximum atomic E-state index is 12.5. The Kier molecular flexibility index (Phi) is 5.29. The summed E-state index contributed by atoms with van der Waals surface area (Å²) in [6.07, 6.45) is 2.61. The minimum atomic E-state index is -0.380. The molecule has 0 bridgehead atoms. The number of likely N-dealkylation sites (tertiary alicyclic amines) is 1. The van der Waals surface area contributed by atoms with Crippen LogP contribution in [0.5, 0.6) is 0 Å². The summed E-state index contributed by atoms with van der Waals surface area (Å²) < 4.78 is 1.87. The predicted octanol–water partition coefficient (Wildman–Crippen LogP) is 0.553. The molecule has 0 saturated carbocycles. The summed E-state index contributed by atoms with van der Waals surface area (Å²) in [4.78, 5) is 26.0. The fourth-order valence-electron chi connectivity index (χ4n) is 3.73. The molecule has 1 aromatic heterocycles. The van der Waals surface area contributed by atoms with Crippen LogP contribution in [-0.4, -0.2) is 46.0 Å². The van der Waals surface area contributed by atoms with Crippen molar-refractivity contribution >= 4 is 22.7 Å².